The summed E-state index contributed by atoms with van der Waals surface area (Å²) < 4.78 is 16.9. The molecule has 0 spiro atoms. The molecule has 68 heavy (non-hydrogen) atoms. The molecule has 0 aromatic heterocycles. The first-order valence-electron chi connectivity index (χ1n) is 30.7. The third-order valence-electron chi connectivity index (χ3n) is 14.2. The molecule has 1 atom stereocenters. The van der Waals surface area contributed by atoms with Gasteiger partial charge in [0.15, 0.2) is 6.10 Å². The first kappa shape index (κ1) is 66.4. The summed E-state index contributed by atoms with van der Waals surface area (Å²) in [6.07, 6.45) is 59.6. The van der Waals surface area contributed by atoms with Crippen LogP contribution in [0.4, 0.5) is 0 Å². The number of hydrogen-bond acceptors (Lipinski definition) is 6. The number of hydrogen-bond donors (Lipinski definition) is 0. The lowest BCUT2D eigenvalue weighted by molar-refractivity contribution is -0.167. The predicted octanol–water partition coefficient (Wildman–Crippen LogP) is 20.4. The van der Waals surface area contributed by atoms with Gasteiger partial charge in [0.25, 0.3) is 0 Å². The fourth-order valence-electron chi connectivity index (χ4n) is 9.58. The van der Waals surface area contributed by atoms with Gasteiger partial charge in [0.05, 0.1) is 0 Å². The number of carbonyl (C=O) groups excluding carboxylic acids is 3. The molecule has 6 heteroatoms. The summed E-state index contributed by atoms with van der Waals surface area (Å²) in [5.41, 5.74) is 0. The lowest BCUT2D eigenvalue weighted by Crippen LogP contribution is -2.30. The van der Waals surface area contributed by atoms with Crippen LogP contribution in [-0.2, 0) is 28.6 Å². The van der Waals surface area contributed by atoms with Gasteiger partial charge in [-0.15, -0.1) is 0 Å². The molecule has 0 radical (unpaired) electrons. The van der Waals surface area contributed by atoms with Crippen molar-refractivity contribution in [2.45, 2.75) is 355 Å². The van der Waals surface area contributed by atoms with Crippen molar-refractivity contribution < 1.29 is 28.6 Å². The van der Waals surface area contributed by atoms with Crippen LogP contribution in [0.2, 0.25) is 0 Å². The zero-order valence-electron chi connectivity index (χ0n) is 46.7. The second kappa shape index (κ2) is 54.7. The van der Waals surface area contributed by atoms with Gasteiger partial charge in [-0.25, -0.2) is 0 Å². The van der Waals surface area contributed by atoms with E-state index in [1.165, 1.54) is 238 Å². The van der Waals surface area contributed by atoms with Crippen molar-refractivity contribution in [2.24, 2.45) is 11.8 Å². The van der Waals surface area contributed by atoms with Crippen LogP contribution in [0.1, 0.15) is 349 Å². The molecular weight excluding hydrogens is 841 g/mol. The minimum absolute atomic E-state index is 0.0625. The van der Waals surface area contributed by atoms with Crippen molar-refractivity contribution in [1.82, 2.24) is 0 Å². The highest BCUT2D eigenvalue weighted by molar-refractivity contribution is 5.71. The molecule has 0 aliphatic heterocycles. The van der Waals surface area contributed by atoms with Gasteiger partial charge in [0.2, 0.25) is 0 Å². The molecule has 0 unspecified atom stereocenters. The number of esters is 3. The van der Waals surface area contributed by atoms with Crippen molar-refractivity contribution in [1.29, 1.82) is 0 Å². The van der Waals surface area contributed by atoms with Gasteiger partial charge in [-0.1, -0.05) is 311 Å². The molecule has 0 rings (SSSR count). The molecule has 0 aromatic carbocycles. The minimum Gasteiger partial charge on any atom is -0.462 e. The summed E-state index contributed by atoms with van der Waals surface area (Å²) in [5.74, 6) is 0.825. The number of rotatable bonds is 56. The van der Waals surface area contributed by atoms with Crippen molar-refractivity contribution in [3.8, 4) is 0 Å². The molecule has 0 saturated heterocycles. The van der Waals surface area contributed by atoms with Gasteiger partial charge >= 0.3 is 17.9 Å². The lowest BCUT2D eigenvalue weighted by Gasteiger charge is -2.18. The molecule has 6 nitrogen and oxygen atoms in total. The average Bonchev–Trinajstić information content (AvgIpc) is 3.31. The van der Waals surface area contributed by atoms with Gasteiger partial charge in [-0.2, -0.15) is 0 Å². The number of ether oxygens (including phenoxy) is 3. The first-order valence-corrected chi connectivity index (χ1v) is 30.7. The van der Waals surface area contributed by atoms with Crippen LogP contribution in [0.25, 0.3) is 0 Å². The normalized spacial score (nSPS) is 12.0. The SMILES string of the molecule is CCCCCCCCCCCCCCCCCCCCCC(=O)O[C@@H](COC(=O)CCCCCCCCCCCCCCCCCCC(C)C)COC(=O)CCCCCCCCCCCC(C)C. The van der Waals surface area contributed by atoms with Crippen LogP contribution >= 0.6 is 0 Å². The van der Waals surface area contributed by atoms with E-state index >= 15 is 0 Å². The molecule has 0 saturated carbocycles. The van der Waals surface area contributed by atoms with Crippen LogP contribution in [0.15, 0.2) is 0 Å². The van der Waals surface area contributed by atoms with E-state index in [1.807, 2.05) is 0 Å². The van der Waals surface area contributed by atoms with E-state index in [2.05, 4.69) is 34.6 Å². The third-order valence-corrected chi connectivity index (χ3v) is 14.2. The summed E-state index contributed by atoms with van der Waals surface area (Å²) in [6.45, 7) is 11.4. The Kier molecular flexibility index (Phi) is 53.5. The molecule has 0 aliphatic rings. The van der Waals surface area contributed by atoms with Gasteiger partial charge < -0.3 is 14.2 Å². The van der Waals surface area contributed by atoms with Crippen LogP contribution in [-0.4, -0.2) is 37.2 Å². The monoisotopic (exact) mass is 961 g/mol. The molecule has 0 amide bonds. The van der Waals surface area contributed by atoms with Crippen LogP contribution in [0, 0.1) is 11.8 Å². The highest BCUT2D eigenvalue weighted by Crippen LogP contribution is 2.19. The second-order valence-electron chi connectivity index (χ2n) is 22.3. The Morgan fingerprint density at radius 1 is 0.279 bits per heavy atom. The van der Waals surface area contributed by atoms with E-state index in [1.54, 1.807) is 0 Å². The summed E-state index contributed by atoms with van der Waals surface area (Å²) in [5, 5.41) is 0. The van der Waals surface area contributed by atoms with E-state index < -0.39 is 6.10 Å². The van der Waals surface area contributed by atoms with Crippen LogP contribution in [0.3, 0.4) is 0 Å². The molecule has 0 N–H and O–H groups in total. The highest BCUT2D eigenvalue weighted by Gasteiger charge is 2.19. The van der Waals surface area contributed by atoms with Gasteiger partial charge in [-0.05, 0) is 31.1 Å². The minimum atomic E-state index is -0.763. The Morgan fingerprint density at radius 2 is 0.485 bits per heavy atom. The topological polar surface area (TPSA) is 78.9 Å². The van der Waals surface area contributed by atoms with Gasteiger partial charge in [0.1, 0.15) is 13.2 Å². The standard InChI is InChI=1S/C62H120O6/c1-6-7-8-9-10-11-12-13-14-15-16-17-22-25-28-33-39-44-49-54-62(65)68-59(56-67-61(64)53-48-43-38-34-29-31-36-41-46-51-58(4)5)55-66-60(63)52-47-42-37-32-27-24-21-19-18-20-23-26-30-35-40-45-50-57(2)3/h57-59H,6-56H2,1-5H3/t59-/m0/s1. The van der Waals surface area contributed by atoms with Crippen LogP contribution < -0.4 is 0 Å². The van der Waals surface area contributed by atoms with Crippen molar-refractivity contribution in [3.05, 3.63) is 0 Å². The third kappa shape index (κ3) is 55.3. The van der Waals surface area contributed by atoms with Crippen LogP contribution in [0.5, 0.6) is 0 Å². The maximum absolute atomic E-state index is 12.9. The molecule has 0 aliphatic carbocycles. The molecule has 0 fully saturated rings. The molecule has 0 bridgehead atoms. The summed E-state index contributed by atoms with van der Waals surface area (Å²) >= 11 is 0. The van der Waals surface area contributed by atoms with Gasteiger partial charge in [0, 0.05) is 19.3 Å². The second-order valence-corrected chi connectivity index (χ2v) is 22.3. The maximum atomic E-state index is 12.9. The maximum Gasteiger partial charge on any atom is 0.306 e. The smallest absolute Gasteiger partial charge is 0.306 e. The van der Waals surface area contributed by atoms with Crippen molar-refractivity contribution >= 4 is 17.9 Å². The molecule has 0 heterocycles. The summed E-state index contributed by atoms with van der Waals surface area (Å²) in [7, 11) is 0. The Bertz CT molecular complexity index is 1040. The van der Waals surface area contributed by atoms with Gasteiger partial charge in [-0.3, -0.25) is 14.4 Å². The van der Waals surface area contributed by atoms with E-state index in [4.69, 9.17) is 14.2 Å². The van der Waals surface area contributed by atoms with E-state index in [0.717, 1.165) is 69.6 Å². The number of unbranched alkanes of at least 4 members (excludes halogenated alkanes) is 41. The van der Waals surface area contributed by atoms with E-state index in [-0.39, 0.29) is 31.1 Å². The Hall–Kier alpha value is -1.59. The fourth-order valence-corrected chi connectivity index (χ4v) is 9.58. The molecular formula is C62H120O6. The largest absolute Gasteiger partial charge is 0.462 e. The molecule has 0 aromatic rings. The average molecular weight is 962 g/mol. The van der Waals surface area contributed by atoms with E-state index in [0.29, 0.717) is 19.3 Å². The zero-order chi connectivity index (χ0) is 49.6. The Labute approximate surface area is 425 Å². The predicted molar refractivity (Wildman–Crippen MR) is 293 cm³/mol. The first-order chi connectivity index (χ1) is 33.2. The molecule has 404 valence electrons. The highest BCUT2D eigenvalue weighted by atomic mass is 16.6. The van der Waals surface area contributed by atoms with Crippen molar-refractivity contribution in [2.75, 3.05) is 13.2 Å². The number of carbonyl (C=O) groups is 3. The fraction of sp³-hybridized carbons (Fsp3) is 0.952. The summed E-state index contributed by atoms with van der Waals surface area (Å²) in [4.78, 5) is 38.2. The van der Waals surface area contributed by atoms with E-state index in [9.17, 15) is 14.4 Å². The Morgan fingerprint density at radius 3 is 0.721 bits per heavy atom. The zero-order valence-corrected chi connectivity index (χ0v) is 46.7. The van der Waals surface area contributed by atoms with Crippen molar-refractivity contribution in [3.63, 3.8) is 0 Å². The quantitative estimate of drug-likeness (QED) is 0.0343. The lowest BCUT2D eigenvalue weighted by atomic mass is 10.0. The summed E-state index contributed by atoms with van der Waals surface area (Å²) in [6, 6.07) is 0. The Balaban J connectivity index is 4.25.